The number of thiazole rings is 1. The van der Waals surface area contributed by atoms with E-state index in [9.17, 15) is 18.0 Å². The number of rotatable bonds is 6. The molecule has 0 aliphatic carbocycles. The highest BCUT2D eigenvalue weighted by molar-refractivity contribution is 7.22. The lowest BCUT2D eigenvalue weighted by Crippen LogP contribution is -2.33. The SMILES string of the molecule is Cc1cc(C)c2nc(N(CCCN(C)C)C(=O)c3cccc(C(F)(F)F)c3)sc2c1.Cl. The summed E-state index contributed by atoms with van der Waals surface area (Å²) in [6, 6.07) is 8.59. The van der Waals surface area contributed by atoms with Crippen LogP contribution in [-0.4, -0.2) is 43.0 Å². The fourth-order valence-corrected chi connectivity index (χ4v) is 4.45. The van der Waals surface area contributed by atoms with Gasteiger partial charge in [-0.15, -0.1) is 12.4 Å². The molecule has 1 amide bonds. The maximum absolute atomic E-state index is 13.2. The van der Waals surface area contributed by atoms with Crippen LogP contribution in [0, 0.1) is 13.8 Å². The average Bonchev–Trinajstić information content (AvgIpc) is 3.08. The average molecular weight is 472 g/mol. The highest BCUT2D eigenvalue weighted by Crippen LogP contribution is 2.34. The summed E-state index contributed by atoms with van der Waals surface area (Å²) in [5, 5.41) is 0.500. The van der Waals surface area contributed by atoms with Crippen LogP contribution in [0.4, 0.5) is 18.3 Å². The fourth-order valence-electron chi connectivity index (χ4n) is 3.29. The molecule has 0 aliphatic rings. The summed E-state index contributed by atoms with van der Waals surface area (Å²) in [5.74, 6) is -0.478. The molecule has 3 aromatic rings. The number of fused-ring (bicyclic) bond motifs is 1. The van der Waals surface area contributed by atoms with Gasteiger partial charge in [-0.2, -0.15) is 13.2 Å². The van der Waals surface area contributed by atoms with Crippen molar-refractivity contribution in [3.63, 3.8) is 0 Å². The van der Waals surface area contributed by atoms with Gasteiger partial charge >= 0.3 is 6.18 Å². The zero-order chi connectivity index (χ0) is 22.1. The molecule has 0 saturated heterocycles. The Labute approximate surface area is 190 Å². The highest BCUT2D eigenvalue weighted by Gasteiger charge is 2.31. The summed E-state index contributed by atoms with van der Waals surface area (Å²) in [4.78, 5) is 21.4. The van der Waals surface area contributed by atoms with Crippen LogP contribution < -0.4 is 4.90 Å². The van der Waals surface area contributed by atoms with Gasteiger partial charge < -0.3 is 4.90 Å². The normalized spacial score (nSPS) is 11.6. The minimum Gasteiger partial charge on any atom is -0.309 e. The first-order chi connectivity index (χ1) is 14.1. The lowest BCUT2D eigenvalue weighted by molar-refractivity contribution is -0.137. The molecule has 0 N–H and O–H groups in total. The Kier molecular flexibility index (Phi) is 8.08. The van der Waals surface area contributed by atoms with E-state index in [1.165, 1.54) is 28.4 Å². The molecule has 4 nitrogen and oxygen atoms in total. The van der Waals surface area contributed by atoms with Gasteiger partial charge in [0.25, 0.3) is 5.91 Å². The summed E-state index contributed by atoms with van der Waals surface area (Å²) < 4.78 is 40.3. The van der Waals surface area contributed by atoms with Crippen LogP contribution >= 0.6 is 23.7 Å². The van der Waals surface area contributed by atoms with Crippen molar-refractivity contribution in [3.05, 3.63) is 58.7 Å². The standard InChI is InChI=1S/C22H24F3N3OS.ClH/c1-14-11-15(2)19-18(12-14)30-21(26-19)28(10-6-9-27(3)4)20(29)16-7-5-8-17(13-16)22(23,24)25;/h5,7-8,11-13H,6,9-10H2,1-4H3;1H. The minimum absolute atomic E-state index is 0. The summed E-state index contributed by atoms with van der Waals surface area (Å²) in [6.07, 6.45) is -3.83. The van der Waals surface area contributed by atoms with Gasteiger partial charge in [-0.3, -0.25) is 9.69 Å². The molecule has 0 spiro atoms. The van der Waals surface area contributed by atoms with Gasteiger partial charge in [-0.1, -0.05) is 23.5 Å². The lowest BCUT2D eigenvalue weighted by atomic mass is 10.1. The van der Waals surface area contributed by atoms with E-state index in [4.69, 9.17) is 0 Å². The Bertz CT molecular complexity index is 1070. The molecular formula is C22H25ClF3N3OS. The number of hydrogen-bond donors (Lipinski definition) is 0. The zero-order valence-corrected chi connectivity index (χ0v) is 19.4. The summed E-state index contributed by atoms with van der Waals surface area (Å²) in [6.45, 7) is 5.07. The predicted octanol–water partition coefficient (Wildman–Crippen LogP) is 5.95. The quantitative estimate of drug-likeness (QED) is 0.445. The minimum atomic E-state index is -4.50. The van der Waals surface area contributed by atoms with E-state index in [2.05, 4.69) is 4.98 Å². The van der Waals surface area contributed by atoms with Crippen LogP contribution in [0.15, 0.2) is 36.4 Å². The van der Waals surface area contributed by atoms with Gasteiger partial charge in [-0.05, 0) is 76.3 Å². The number of hydrogen-bond acceptors (Lipinski definition) is 4. The number of nitrogens with zero attached hydrogens (tertiary/aromatic N) is 3. The van der Waals surface area contributed by atoms with E-state index < -0.39 is 17.6 Å². The van der Waals surface area contributed by atoms with Crippen molar-refractivity contribution in [2.75, 3.05) is 32.1 Å². The van der Waals surface area contributed by atoms with Crippen LogP contribution in [0.25, 0.3) is 10.2 Å². The van der Waals surface area contributed by atoms with Crippen molar-refractivity contribution in [1.29, 1.82) is 0 Å². The number of alkyl halides is 3. The number of carbonyl (C=O) groups is 1. The molecule has 1 aromatic heterocycles. The first-order valence-electron chi connectivity index (χ1n) is 9.58. The van der Waals surface area contributed by atoms with E-state index in [0.717, 1.165) is 40.0 Å². The zero-order valence-electron chi connectivity index (χ0n) is 17.8. The maximum atomic E-state index is 13.2. The van der Waals surface area contributed by atoms with Crippen molar-refractivity contribution in [2.24, 2.45) is 0 Å². The molecule has 0 bridgehead atoms. The van der Waals surface area contributed by atoms with Crippen molar-refractivity contribution in [2.45, 2.75) is 26.4 Å². The van der Waals surface area contributed by atoms with Crippen LogP contribution in [0.5, 0.6) is 0 Å². The second-order valence-corrected chi connectivity index (χ2v) is 8.63. The number of aromatic nitrogens is 1. The second kappa shape index (κ2) is 9.97. The van der Waals surface area contributed by atoms with Gasteiger partial charge in [0.1, 0.15) is 0 Å². The third-order valence-corrected chi connectivity index (χ3v) is 5.74. The molecule has 9 heteroatoms. The number of aryl methyl sites for hydroxylation is 2. The molecule has 2 aromatic carbocycles. The first kappa shape index (κ1) is 25.1. The van der Waals surface area contributed by atoms with Crippen LogP contribution in [0.2, 0.25) is 0 Å². The Balaban J connectivity index is 0.00000341. The molecule has 31 heavy (non-hydrogen) atoms. The number of anilines is 1. The number of carbonyl (C=O) groups excluding carboxylic acids is 1. The van der Waals surface area contributed by atoms with Crippen molar-refractivity contribution >= 4 is 45.0 Å². The molecule has 0 atom stereocenters. The third-order valence-electron chi connectivity index (χ3n) is 4.72. The van der Waals surface area contributed by atoms with Crippen molar-refractivity contribution in [3.8, 4) is 0 Å². The summed E-state index contributed by atoms with van der Waals surface area (Å²) >= 11 is 1.38. The topological polar surface area (TPSA) is 36.4 Å². The third kappa shape index (κ3) is 5.96. The Morgan fingerprint density at radius 1 is 1.10 bits per heavy atom. The molecule has 0 fully saturated rings. The molecular weight excluding hydrogens is 447 g/mol. The lowest BCUT2D eigenvalue weighted by Gasteiger charge is -2.21. The molecule has 168 valence electrons. The molecule has 0 unspecified atom stereocenters. The molecule has 0 radical (unpaired) electrons. The van der Waals surface area contributed by atoms with Crippen molar-refractivity contribution < 1.29 is 18.0 Å². The number of amides is 1. The predicted molar refractivity (Wildman–Crippen MR) is 123 cm³/mol. The smallest absolute Gasteiger partial charge is 0.309 e. The van der Waals surface area contributed by atoms with E-state index in [-0.39, 0.29) is 18.0 Å². The molecule has 0 saturated carbocycles. The highest BCUT2D eigenvalue weighted by atomic mass is 35.5. The Morgan fingerprint density at radius 2 is 1.81 bits per heavy atom. The summed E-state index contributed by atoms with van der Waals surface area (Å²) in [5.41, 5.74) is 2.08. The first-order valence-corrected chi connectivity index (χ1v) is 10.4. The van der Waals surface area contributed by atoms with Crippen LogP contribution in [-0.2, 0) is 6.18 Å². The monoisotopic (exact) mass is 471 g/mol. The van der Waals surface area contributed by atoms with Crippen LogP contribution in [0.3, 0.4) is 0 Å². The van der Waals surface area contributed by atoms with Gasteiger partial charge in [0.2, 0.25) is 0 Å². The van der Waals surface area contributed by atoms with Crippen molar-refractivity contribution in [1.82, 2.24) is 9.88 Å². The Hall–Kier alpha value is -2.16. The van der Waals surface area contributed by atoms with Gasteiger partial charge in [0.05, 0.1) is 15.8 Å². The van der Waals surface area contributed by atoms with E-state index in [1.807, 2.05) is 45.0 Å². The summed E-state index contributed by atoms with van der Waals surface area (Å²) in [7, 11) is 3.87. The van der Waals surface area contributed by atoms with Gasteiger partial charge in [-0.25, -0.2) is 4.98 Å². The molecule has 1 heterocycles. The van der Waals surface area contributed by atoms with E-state index in [1.54, 1.807) is 0 Å². The Morgan fingerprint density at radius 3 is 2.45 bits per heavy atom. The van der Waals surface area contributed by atoms with E-state index >= 15 is 0 Å². The number of benzene rings is 2. The molecule has 3 rings (SSSR count). The van der Waals surface area contributed by atoms with Gasteiger partial charge in [0, 0.05) is 12.1 Å². The second-order valence-electron chi connectivity index (χ2n) is 7.62. The molecule has 0 aliphatic heterocycles. The largest absolute Gasteiger partial charge is 0.416 e. The van der Waals surface area contributed by atoms with Crippen LogP contribution in [0.1, 0.15) is 33.5 Å². The van der Waals surface area contributed by atoms with Gasteiger partial charge in [0.15, 0.2) is 5.13 Å². The number of halogens is 4. The maximum Gasteiger partial charge on any atom is 0.416 e. The fraction of sp³-hybridized carbons (Fsp3) is 0.364. The van der Waals surface area contributed by atoms with E-state index in [0.29, 0.717) is 18.1 Å².